The summed E-state index contributed by atoms with van der Waals surface area (Å²) in [6.07, 6.45) is 3.01. The molecule has 0 fully saturated rings. The molecular formula is C24H25N3O3. The Morgan fingerprint density at radius 1 is 1.10 bits per heavy atom. The molecule has 1 amide bonds. The summed E-state index contributed by atoms with van der Waals surface area (Å²) in [5.74, 6) is 0.544. The maximum atomic E-state index is 13.1. The molecule has 0 saturated heterocycles. The zero-order valence-corrected chi connectivity index (χ0v) is 17.0. The van der Waals surface area contributed by atoms with E-state index in [-0.39, 0.29) is 29.7 Å². The van der Waals surface area contributed by atoms with Crippen LogP contribution >= 0.6 is 0 Å². The monoisotopic (exact) mass is 403 g/mol. The van der Waals surface area contributed by atoms with Crippen molar-refractivity contribution in [3.05, 3.63) is 93.9 Å². The predicted octanol–water partition coefficient (Wildman–Crippen LogP) is 3.47. The van der Waals surface area contributed by atoms with Crippen LogP contribution < -0.4 is 10.3 Å². The number of fused-ring (bicyclic) bond motifs is 1. The Balaban J connectivity index is 1.48. The molecule has 4 rings (SSSR count). The smallest absolute Gasteiger partial charge is 0.274 e. The van der Waals surface area contributed by atoms with Gasteiger partial charge in [0.25, 0.3) is 11.5 Å². The lowest BCUT2D eigenvalue weighted by Gasteiger charge is -2.33. The summed E-state index contributed by atoms with van der Waals surface area (Å²) in [7, 11) is 1.81. The number of carbonyl (C=O) groups excluding carboxylic acids is 1. The fourth-order valence-corrected chi connectivity index (χ4v) is 3.94. The first-order valence-corrected chi connectivity index (χ1v) is 10.2. The van der Waals surface area contributed by atoms with Crippen LogP contribution in [-0.4, -0.2) is 34.2 Å². The summed E-state index contributed by atoms with van der Waals surface area (Å²) in [6, 6.07) is 20.6. The minimum absolute atomic E-state index is 0.0195. The van der Waals surface area contributed by atoms with Gasteiger partial charge < -0.3 is 9.64 Å². The maximum absolute atomic E-state index is 13.1. The van der Waals surface area contributed by atoms with E-state index in [9.17, 15) is 9.59 Å². The summed E-state index contributed by atoms with van der Waals surface area (Å²) < 4.78 is 6.94. The highest BCUT2D eigenvalue weighted by Gasteiger charge is 2.28. The predicted molar refractivity (Wildman–Crippen MR) is 115 cm³/mol. The number of para-hydroxylation sites is 1. The number of aryl methyl sites for hydroxylation is 1. The topological polar surface area (TPSA) is 64.4 Å². The Labute approximate surface area is 175 Å². The lowest BCUT2D eigenvalue weighted by molar-refractivity contribution is 0.0705. The normalized spacial score (nSPS) is 15.3. The maximum Gasteiger partial charge on any atom is 0.274 e. The molecule has 1 atom stereocenters. The average molecular weight is 403 g/mol. The SMILES string of the molecule is CN(C(=O)c1ccc(=O)n(CCOc2ccccc2)n1)[C@@H]1CCCc2ccccc21. The molecule has 1 aliphatic carbocycles. The molecule has 30 heavy (non-hydrogen) atoms. The quantitative estimate of drug-likeness (QED) is 0.632. The summed E-state index contributed by atoms with van der Waals surface area (Å²) >= 11 is 0. The van der Waals surface area contributed by atoms with Crippen molar-refractivity contribution in [3.63, 3.8) is 0 Å². The largest absolute Gasteiger partial charge is 0.492 e. The standard InChI is InChI=1S/C24H25N3O3/c1-26(22-13-7-9-18-8-5-6-12-20(18)22)24(29)21-14-15-23(28)27(25-21)16-17-30-19-10-3-2-4-11-19/h2-6,8,10-12,14-15,22H,7,9,13,16-17H2,1H3/t22-/m1/s1. The van der Waals surface area contributed by atoms with Crippen molar-refractivity contribution in [1.82, 2.24) is 14.7 Å². The van der Waals surface area contributed by atoms with Gasteiger partial charge >= 0.3 is 0 Å². The molecule has 2 aromatic carbocycles. The number of hydrogen-bond donors (Lipinski definition) is 0. The van der Waals surface area contributed by atoms with Crippen LogP contribution in [0.5, 0.6) is 5.75 Å². The first-order valence-electron chi connectivity index (χ1n) is 10.2. The molecule has 1 aliphatic rings. The molecule has 0 aliphatic heterocycles. The van der Waals surface area contributed by atoms with Gasteiger partial charge in [0.05, 0.1) is 12.6 Å². The number of carbonyl (C=O) groups is 1. The van der Waals surface area contributed by atoms with Crippen molar-refractivity contribution in [2.45, 2.75) is 31.8 Å². The van der Waals surface area contributed by atoms with E-state index >= 15 is 0 Å². The summed E-state index contributed by atoms with van der Waals surface area (Å²) in [6.45, 7) is 0.561. The highest BCUT2D eigenvalue weighted by atomic mass is 16.5. The van der Waals surface area contributed by atoms with Crippen molar-refractivity contribution in [3.8, 4) is 5.75 Å². The van der Waals surface area contributed by atoms with Crippen LogP contribution in [0.3, 0.4) is 0 Å². The highest BCUT2D eigenvalue weighted by molar-refractivity contribution is 5.92. The van der Waals surface area contributed by atoms with E-state index < -0.39 is 0 Å². The Morgan fingerprint density at radius 2 is 1.87 bits per heavy atom. The Kier molecular flexibility index (Phi) is 5.93. The van der Waals surface area contributed by atoms with Crippen LogP contribution in [0.4, 0.5) is 0 Å². The van der Waals surface area contributed by atoms with Crippen molar-refractivity contribution < 1.29 is 9.53 Å². The van der Waals surface area contributed by atoms with Gasteiger partial charge in [-0.1, -0.05) is 42.5 Å². The molecule has 6 heteroatoms. The zero-order valence-electron chi connectivity index (χ0n) is 17.0. The fourth-order valence-electron chi connectivity index (χ4n) is 3.94. The number of amides is 1. The molecule has 0 saturated carbocycles. The molecule has 0 N–H and O–H groups in total. The van der Waals surface area contributed by atoms with Crippen LogP contribution in [0.1, 0.15) is 40.5 Å². The molecule has 0 radical (unpaired) electrons. The molecule has 1 aromatic heterocycles. The van der Waals surface area contributed by atoms with E-state index in [1.807, 2.05) is 49.5 Å². The van der Waals surface area contributed by atoms with Crippen LogP contribution in [0.15, 0.2) is 71.5 Å². The number of rotatable bonds is 6. The summed E-state index contributed by atoms with van der Waals surface area (Å²) in [5, 5.41) is 4.31. The third-order valence-corrected chi connectivity index (χ3v) is 5.53. The van der Waals surface area contributed by atoms with E-state index in [1.165, 1.54) is 27.9 Å². The Bertz CT molecular complexity index is 1080. The molecule has 0 spiro atoms. The fraction of sp³-hybridized carbons (Fsp3) is 0.292. The Morgan fingerprint density at radius 3 is 2.70 bits per heavy atom. The second-order valence-corrected chi connectivity index (χ2v) is 7.46. The Hall–Kier alpha value is -3.41. The third kappa shape index (κ3) is 4.27. The molecule has 0 bridgehead atoms. The number of aromatic nitrogens is 2. The van der Waals surface area contributed by atoms with Crippen molar-refractivity contribution in [2.24, 2.45) is 0 Å². The van der Waals surface area contributed by atoms with E-state index in [1.54, 1.807) is 4.90 Å². The van der Waals surface area contributed by atoms with Gasteiger partial charge in [-0.3, -0.25) is 9.59 Å². The van der Waals surface area contributed by atoms with Crippen molar-refractivity contribution >= 4 is 5.91 Å². The van der Waals surface area contributed by atoms with Gasteiger partial charge in [0.15, 0.2) is 0 Å². The van der Waals surface area contributed by atoms with Crippen LogP contribution in [0.2, 0.25) is 0 Å². The van der Waals surface area contributed by atoms with Crippen LogP contribution in [0, 0.1) is 0 Å². The third-order valence-electron chi connectivity index (χ3n) is 5.53. The first-order chi connectivity index (χ1) is 14.6. The van der Waals surface area contributed by atoms with E-state index in [0.29, 0.717) is 6.61 Å². The molecule has 154 valence electrons. The highest BCUT2D eigenvalue weighted by Crippen LogP contribution is 2.33. The lowest BCUT2D eigenvalue weighted by atomic mass is 9.87. The minimum atomic E-state index is -0.256. The van der Waals surface area contributed by atoms with E-state index in [2.05, 4.69) is 17.2 Å². The summed E-state index contributed by atoms with van der Waals surface area (Å²) in [4.78, 5) is 27.1. The van der Waals surface area contributed by atoms with Crippen LogP contribution in [0.25, 0.3) is 0 Å². The van der Waals surface area contributed by atoms with E-state index in [0.717, 1.165) is 25.0 Å². The zero-order chi connectivity index (χ0) is 20.9. The average Bonchev–Trinajstić information content (AvgIpc) is 2.79. The van der Waals surface area contributed by atoms with Gasteiger partial charge in [0.1, 0.15) is 18.1 Å². The van der Waals surface area contributed by atoms with Gasteiger partial charge in [0.2, 0.25) is 0 Å². The first kappa shape index (κ1) is 19.9. The van der Waals surface area contributed by atoms with Gasteiger partial charge in [-0.2, -0.15) is 5.10 Å². The molecule has 1 heterocycles. The molecule has 6 nitrogen and oxygen atoms in total. The summed E-state index contributed by atoms with van der Waals surface area (Å²) in [5.41, 5.74) is 2.50. The molecule has 0 unspecified atom stereocenters. The molecule has 3 aromatic rings. The second-order valence-electron chi connectivity index (χ2n) is 7.46. The van der Waals surface area contributed by atoms with Crippen molar-refractivity contribution in [2.75, 3.05) is 13.7 Å². The number of hydrogen-bond acceptors (Lipinski definition) is 4. The van der Waals surface area contributed by atoms with Gasteiger partial charge in [-0.25, -0.2) is 4.68 Å². The van der Waals surface area contributed by atoms with Gasteiger partial charge in [0, 0.05) is 13.1 Å². The van der Waals surface area contributed by atoms with Crippen molar-refractivity contribution in [1.29, 1.82) is 0 Å². The van der Waals surface area contributed by atoms with Crippen LogP contribution in [-0.2, 0) is 13.0 Å². The van der Waals surface area contributed by atoms with Gasteiger partial charge in [-0.05, 0) is 48.6 Å². The van der Waals surface area contributed by atoms with E-state index in [4.69, 9.17) is 4.74 Å². The molecular weight excluding hydrogens is 378 g/mol. The second kappa shape index (κ2) is 8.95. The lowest BCUT2D eigenvalue weighted by Crippen LogP contribution is -2.35. The number of benzene rings is 2. The van der Waals surface area contributed by atoms with Gasteiger partial charge in [-0.15, -0.1) is 0 Å². The number of nitrogens with zero attached hydrogens (tertiary/aromatic N) is 3. The number of ether oxygens (including phenoxy) is 1. The minimum Gasteiger partial charge on any atom is -0.492 e.